The molecule has 0 N–H and O–H groups in total. The summed E-state index contributed by atoms with van der Waals surface area (Å²) in [6.07, 6.45) is 1.18. The Bertz CT molecular complexity index is 295. The van der Waals surface area contributed by atoms with Crippen LogP contribution in [-0.4, -0.2) is 21.6 Å². The highest BCUT2D eigenvalue weighted by molar-refractivity contribution is 6.41. The van der Waals surface area contributed by atoms with Crippen molar-refractivity contribution in [2.75, 3.05) is 5.88 Å². The van der Waals surface area contributed by atoms with Crippen LogP contribution in [0.15, 0.2) is 6.33 Å². The predicted octanol–water partition coefficient (Wildman–Crippen LogP) is 2.20. The van der Waals surface area contributed by atoms with Gasteiger partial charge in [-0.3, -0.25) is 4.79 Å². The van der Waals surface area contributed by atoms with Crippen LogP contribution in [0.2, 0.25) is 10.3 Å². The highest BCUT2D eigenvalue weighted by Crippen LogP contribution is 2.20. The molecule has 0 fully saturated rings. The number of hydrogen-bond acceptors (Lipinski definition) is 3. The van der Waals surface area contributed by atoms with Crippen LogP contribution in [0.25, 0.3) is 0 Å². The molecule has 0 atom stereocenters. The Labute approximate surface area is 83.7 Å². The lowest BCUT2D eigenvalue weighted by Crippen LogP contribution is -2.04. The van der Waals surface area contributed by atoms with Crippen molar-refractivity contribution in [3.8, 4) is 0 Å². The smallest absolute Gasteiger partial charge is 0.183 e. The maximum Gasteiger partial charge on any atom is 0.183 e. The van der Waals surface area contributed by atoms with E-state index in [1.165, 1.54) is 6.33 Å². The molecule has 64 valence electrons. The zero-order chi connectivity index (χ0) is 9.14. The van der Waals surface area contributed by atoms with E-state index in [2.05, 4.69) is 9.97 Å². The molecule has 0 bridgehead atoms. The molecule has 0 saturated heterocycles. The van der Waals surface area contributed by atoms with Crippen molar-refractivity contribution in [3.63, 3.8) is 0 Å². The van der Waals surface area contributed by atoms with E-state index in [0.717, 1.165) is 0 Å². The van der Waals surface area contributed by atoms with Crippen molar-refractivity contribution in [3.05, 3.63) is 22.2 Å². The van der Waals surface area contributed by atoms with Gasteiger partial charge in [0.1, 0.15) is 16.6 Å². The molecule has 0 aromatic carbocycles. The van der Waals surface area contributed by atoms with Gasteiger partial charge in [-0.1, -0.05) is 23.2 Å². The summed E-state index contributed by atoms with van der Waals surface area (Å²) in [4.78, 5) is 18.3. The molecule has 1 aromatic rings. The van der Waals surface area contributed by atoms with Gasteiger partial charge < -0.3 is 0 Å². The highest BCUT2D eigenvalue weighted by atomic mass is 35.5. The average Bonchev–Trinajstić information content (AvgIpc) is 2.03. The minimum atomic E-state index is -0.382. The fraction of sp³-hybridized carbons (Fsp3) is 0.167. The van der Waals surface area contributed by atoms with Crippen LogP contribution in [0, 0.1) is 0 Å². The summed E-state index contributed by atoms with van der Waals surface area (Å²) >= 11 is 16.5. The Morgan fingerprint density at radius 2 is 1.83 bits per heavy atom. The predicted molar refractivity (Wildman–Crippen MR) is 47.1 cm³/mol. The number of aromatic nitrogens is 2. The molecule has 0 amide bonds. The zero-order valence-corrected chi connectivity index (χ0v) is 7.99. The molecule has 1 aromatic heterocycles. The molecule has 12 heavy (non-hydrogen) atoms. The highest BCUT2D eigenvalue weighted by Gasteiger charge is 2.15. The summed E-state index contributed by atoms with van der Waals surface area (Å²) in [7, 11) is 0. The first kappa shape index (κ1) is 9.71. The number of hydrogen-bond donors (Lipinski definition) is 0. The lowest BCUT2D eigenvalue weighted by Gasteiger charge is -1.99. The molecule has 0 spiro atoms. The van der Waals surface area contributed by atoms with E-state index in [-0.39, 0.29) is 27.5 Å². The van der Waals surface area contributed by atoms with Gasteiger partial charge in [-0.15, -0.1) is 11.6 Å². The van der Waals surface area contributed by atoms with Crippen molar-refractivity contribution in [2.24, 2.45) is 0 Å². The van der Waals surface area contributed by atoms with Crippen molar-refractivity contribution in [1.82, 2.24) is 9.97 Å². The van der Waals surface area contributed by atoms with E-state index in [1.54, 1.807) is 0 Å². The second-order valence-electron chi connectivity index (χ2n) is 1.89. The Balaban J connectivity index is 3.21. The van der Waals surface area contributed by atoms with Gasteiger partial charge in [-0.05, 0) is 0 Å². The number of nitrogens with zero attached hydrogens (tertiary/aromatic N) is 2. The first-order valence-corrected chi connectivity index (χ1v) is 4.21. The van der Waals surface area contributed by atoms with Crippen LogP contribution in [0.4, 0.5) is 0 Å². The minimum absolute atomic E-state index is 0.0284. The van der Waals surface area contributed by atoms with Gasteiger partial charge in [0.15, 0.2) is 5.78 Å². The Morgan fingerprint density at radius 1 is 1.33 bits per heavy atom. The van der Waals surface area contributed by atoms with Crippen LogP contribution >= 0.6 is 34.8 Å². The number of ketones is 1. The van der Waals surface area contributed by atoms with E-state index < -0.39 is 0 Å². The minimum Gasteiger partial charge on any atom is -0.293 e. The molecule has 0 aliphatic carbocycles. The van der Waals surface area contributed by atoms with Crippen molar-refractivity contribution < 1.29 is 4.79 Å². The third-order valence-electron chi connectivity index (χ3n) is 1.15. The van der Waals surface area contributed by atoms with E-state index >= 15 is 0 Å². The van der Waals surface area contributed by atoms with Crippen LogP contribution in [0.3, 0.4) is 0 Å². The van der Waals surface area contributed by atoms with Crippen LogP contribution in [-0.2, 0) is 0 Å². The summed E-state index contributed by atoms with van der Waals surface area (Å²) < 4.78 is 0. The van der Waals surface area contributed by atoms with E-state index in [9.17, 15) is 4.79 Å². The van der Waals surface area contributed by atoms with Crippen molar-refractivity contribution >= 4 is 40.6 Å². The van der Waals surface area contributed by atoms with E-state index in [4.69, 9.17) is 34.8 Å². The van der Waals surface area contributed by atoms with Gasteiger partial charge in [-0.25, -0.2) is 9.97 Å². The number of carbonyl (C=O) groups excluding carboxylic acids is 1. The Hall–Kier alpha value is -0.380. The molecular formula is C6H3Cl3N2O. The van der Waals surface area contributed by atoms with Gasteiger partial charge in [0, 0.05) is 0 Å². The van der Waals surface area contributed by atoms with Gasteiger partial charge in [0.25, 0.3) is 0 Å². The van der Waals surface area contributed by atoms with Crippen LogP contribution in [0.1, 0.15) is 10.4 Å². The molecule has 0 saturated carbocycles. The molecule has 6 heteroatoms. The zero-order valence-electron chi connectivity index (χ0n) is 5.72. The summed E-state index contributed by atoms with van der Waals surface area (Å²) in [6.45, 7) is 0. The summed E-state index contributed by atoms with van der Waals surface area (Å²) in [5, 5.41) is 0.0568. The second-order valence-corrected chi connectivity index (χ2v) is 2.87. The molecule has 0 radical (unpaired) electrons. The molecule has 3 nitrogen and oxygen atoms in total. The third-order valence-corrected chi connectivity index (χ3v) is 1.97. The SMILES string of the molecule is O=C(CCl)c1c(Cl)ncnc1Cl. The first-order chi connectivity index (χ1) is 5.66. The summed E-state index contributed by atoms with van der Waals surface area (Å²) in [5.74, 6) is -0.570. The molecule has 0 aliphatic heterocycles. The summed E-state index contributed by atoms with van der Waals surface area (Å²) in [5.41, 5.74) is 0.0795. The Morgan fingerprint density at radius 3 is 2.25 bits per heavy atom. The van der Waals surface area contributed by atoms with Gasteiger partial charge in [0.05, 0.1) is 11.4 Å². The normalized spacial score (nSPS) is 9.92. The standard InChI is InChI=1S/C6H3Cl3N2O/c7-1-3(12)4-5(8)10-2-11-6(4)9/h2H,1H2. The number of Topliss-reactive ketones (excluding diaryl/α,β-unsaturated/α-hetero) is 1. The number of halogens is 3. The first-order valence-electron chi connectivity index (χ1n) is 2.92. The largest absolute Gasteiger partial charge is 0.293 e. The monoisotopic (exact) mass is 224 g/mol. The number of carbonyl (C=O) groups is 1. The van der Waals surface area contributed by atoms with Gasteiger partial charge in [0.2, 0.25) is 0 Å². The fourth-order valence-electron chi connectivity index (χ4n) is 0.641. The lowest BCUT2D eigenvalue weighted by atomic mass is 10.2. The van der Waals surface area contributed by atoms with E-state index in [1.807, 2.05) is 0 Å². The Kier molecular flexibility index (Phi) is 3.26. The summed E-state index contributed by atoms with van der Waals surface area (Å²) in [6, 6.07) is 0. The van der Waals surface area contributed by atoms with Crippen molar-refractivity contribution in [2.45, 2.75) is 0 Å². The topological polar surface area (TPSA) is 42.9 Å². The van der Waals surface area contributed by atoms with Gasteiger partial charge >= 0.3 is 0 Å². The second kappa shape index (κ2) is 4.03. The maximum atomic E-state index is 11.1. The van der Waals surface area contributed by atoms with Crippen molar-refractivity contribution in [1.29, 1.82) is 0 Å². The third kappa shape index (κ3) is 1.86. The van der Waals surface area contributed by atoms with Gasteiger partial charge in [-0.2, -0.15) is 0 Å². The van der Waals surface area contributed by atoms with E-state index in [0.29, 0.717) is 0 Å². The number of alkyl halides is 1. The quantitative estimate of drug-likeness (QED) is 0.440. The molecule has 0 unspecified atom stereocenters. The average molecular weight is 225 g/mol. The maximum absolute atomic E-state index is 11.1. The van der Waals surface area contributed by atoms with Crippen LogP contribution in [0.5, 0.6) is 0 Å². The fourth-order valence-corrected chi connectivity index (χ4v) is 1.30. The number of rotatable bonds is 2. The molecule has 0 aliphatic rings. The molecule has 1 heterocycles. The van der Waals surface area contributed by atoms with Crippen LogP contribution < -0.4 is 0 Å². The molecular weight excluding hydrogens is 222 g/mol. The molecule has 1 rings (SSSR count). The lowest BCUT2D eigenvalue weighted by molar-refractivity contribution is 0.102.